The number of amides is 2. The Morgan fingerprint density at radius 3 is 2.25 bits per heavy atom. The fourth-order valence-electron chi connectivity index (χ4n) is 2.50. The number of ether oxygens (including phenoxy) is 1. The van der Waals surface area contributed by atoms with Gasteiger partial charge < -0.3 is 15.0 Å². The molecular weight excluding hydrogens is 363 g/mol. The van der Waals surface area contributed by atoms with E-state index in [1.807, 2.05) is 6.92 Å². The molecule has 2 rings (SSSR count). The number of likely N-dealkylation sites (N-methyl/N-ethyl adjacent to an activating group) is 1. The lowest BCUT2D eigenvalue weighted by Crippen LogP contribution is -2.35. The van der Waals surface area contributed by atoms with Gasteiger partial charge in [-0.25, -0.2) is 4.39 Å². The minimum atomic E-state index is -0.403. The molecule has 148 valence electrons. The van der Waals surface area contributed by atoms with Crippen LogP contribution < -0.4 is 10.1 Å². The molecule has 1 N–H and O–H groups in total. The number of hydrogen-bond donors (Lipinski definition) is 1. The zero-order valence-corrected chi connectivity index (χ0v) is 15.9. The average molecular weight is 386 g/mol. The number of Topliss-reactive ketones (excluding diaryl/α,β-unsaturated/α-hetero) is 1. The molecular formula is C21H23FN2O4. The van der Waals surface area contributed by atoms with E-state index in [1.165, 1.54) is 36.2 Å². The number of rotatable bonds is 9. The summed E-state index contributed by atoms with van der Waals surface area (Å²) < 4.78 is 18.2. The predicted octanol–water partition coefficient (Wildman–Crippen LogP) is 3.28. The Bertz CT molecular complexity index is 819. The molecule has 2 amide bonds. The van der Waals surface area contributed by atoms with E-state index in [4.69, 9.17) is 4.74 Å². The van der Waals surface area contributed by atoms with Gasteiger partial charge in [-0.2, -0.15) is 0 Å². The van der Waals surface area contributed by atoms with Crippen LogP contribution in [-0.4, -0.2) is 42.7 Å². The summed E-state index contributed by atoms with van der Waals surface area (Å²) >= 11 is 0. The van der Waals surface area contributed by atoms with Gasteiger partial charge in [-0.05, 0) is 55.5 Å². The molecule has 0 saturated heterocycles. The van der Waals surface area contributed by atoms with Gasteiger partial charge in [0.25, 0.3) is 0 Å². The van der Waals surface area contributed by atoms with E-state index >= 15 is 0 Å². The summed E-state index contributed by atoms with van der Waals surface area (Å²) in [6.07, 6.45) is 0.0586. The first-order valence-electron chi connectivity index (χ1n) is 8.94. The highest BCUT2D eigenvalue weighted by molar-refractivity contribution is 5.99. The van der Waals surface area contributed by atoms with Gasteiger partial charge in [-0.3, -0.25) is 14.4 Å². The maximum atomic E-state index is 12.9. The van der Waals surface area contributed by atoms with Gasteiger partial charge in [-0.15, -0.1) is 0 Å². The minimum absolute atomic E-state index is 0.00632. The van der Waals surface area contributed by atoms with Gasteiger partial charge in [0.05, 0.1) is 13.2 Å². The van der Waals surface area contributed by atoms with Crippen molar-refractivity contribution in [3.63, 3.8) is 0 Å². The third kappa shape index (κ3) is 6.50. The van der Waals surface area contributed by atoms with Crippen molar-refractivity contribution < 1.29 is 23.5 Å². The van der Waals surface area contributed by atoms with Crippen LogP contribution in [0.15, 0.2) is 48.5 Å². The summed E-state index contributed by atoms with van der Waals surface area (Å²) in [5.41, 5.74) is 0.950. The largest absolute Gasteiger partial charge is 0.494 e. The highest BCUT2D eigenvalue weighted by atomic mass is 19.1. The third-order valence-electron chi connectivity index (χ3n) is 3.99. The van der Waals surface area contributed by atoms with Crippen molar-refractivity contribution in [2.75, 3.05) is 25.5 Å². The molecule has 0 aliphatic heterocycles. The zero-order valence-electron chi connectivity index (χ0n) is 15.9. The number of hydrogen-bond acceptors (Lipinski definition) is 4. The van der Waals surface area contributed by atoms with Crippen molar-refractivity contribution in [3.05, 3.63) is 59.9 Å². The van der Waals surface area contributed by atoms with Crippen LogP contribution in [0, 0.1) is 5.82 Å². The van der Waals surface area contributed by atoms with Crippen LogP contribution in [0.5, 0.6) is 5.75 Å². The highest BCUT2D eigenvalue weighted by Crippen LogP contribution is 2.14. The Balaban J connectivity index is 1.78. The highest BCUT2D eigenvalue weighted by Gasteiger charge is 2.15. The van der Waals surface area contributed by atoms with Crippen LogP contribution >= 0.6 is 0 Å². The number of ketones is 1. The monoisotopic (exact) mass is 386 g/mol. The normalized spacial score (nSPS) is 10.2. The van der Waals surface area contributed by atoms with Crippen LogP contribution in [0.2, 0.25) is 0 Å². The minimum Gasteiger partial charge on any atom is -0.494 e. The number of benzene rings is 2. The van der Waals surface area contributed by atoms with E-state index < -0.39 is 11.7 Å². The van der Waals surface area contributed by atoms with Crippen molar-refractivity contribution in [2.24, 2.45) is 0 Å². The SMILES string of the molecule is CCOc1ccc(C(=O)CCC(=O)N(C)CC(=O)Nc2ccc(F)cc2)cc1. The second kappa shape index (κ2) is 10.2. The summed E-state index contributed by atoms with van der Waals surface area (Å²) in [6.45, 7) is 2.26. The van der Waals surface area contributed by atoms with Crippen molar-refractivity contribution in [2.45, 2.75) is 19.8 Å². The molecule has 0 saturated carbocycles. The molecule has 0 heterocycles. The van der Waals surface area contributed by atoms with E-state index in [0.29, 0.717) is 23.6 Å². The lowest BCUT2D eigenvalue weighted by molar-refractivity contribution is -0.133. The smallest absolute Gasteiger partial charge is 0.243 e. The first-order valence-corrected chi connectivity index (χ1v) is 8.94. The predicted molar refractivity (Wildman–Crippen MR) is 104 cm³/mol. The van der Waals surface area contributed by atoms with Crippen LogP contribution in [0.4, 0.5) is 10.1 Å². The lowest BCUT2D eigenvalue weighted by Gasteiger charge is -2.16. The van der Waals surface area contributed by atoms with Crippen molar-refractivity contribution in [1.29, 1.82) is 0 Å². The maximum absolute atomic E-state index is 12.9. The second-order valence-corrected chi connectivity index (χ2v) is 6.19. The first kappa shape index (κ1) is 21.1. The van der Waals surface area contributed by atoms with Crippen LogP contribution in [0.25, 0.3) is 0 Å². The number of anilines is 1. The number of carbonyl (C=O) groups excluding carboxylic acids is 3. The Kier molecular flexibility index (Phi) is 7.68. The van der Waals surface area contributed by atoms with E-state index in [1.54, 1.807) is 24.3 Å². The number of nitrogens with zero attached hydrogens (tertiary/aromatic N) is 1. The molecule has 0 spiro atoms. The van der Waals surface area contributed by atoms with E-state index in [9.17, 15) is 18.8 Å². The standard InChI is InChI=1S/C21H23FN2O4/c1-3-28-18-10-4-15(5-11-18)19(25)12-13-21(27)24(2)14-20(26)23-17-8-6-16(22)7-9-17/h4-11H,3,12-14H2,1-2H3,(H,23,26). The number of halogens is 1. The Hall–Kier alpha value is -3.22. The molecule has 0 unspecified atom stereocenters. The van der Waals surface area contributed by atoms with Gasteiger partial charge in [0.1, 0.15) is 11.6 Å². The van der Waals surface area contributed by atoms with Crippen LogP contribution in [0.1, 0.15) is 30.1 Å². The van der Waals surface area contributed by atoms with Gasteiger partial charge >= 0.3 is 0 Å². The fourth-order valence-corrected chi connectivity index (χ4v) is 2.50. The molecule has 7 heteroatoms. The Morgan fingerprint density at radius 1 is 1.00 bits per heavy atom. The van der Waals surface area contributed by atoms with Crippen molar-refractivity contribution in [1.82, 2.24) is 4.90 Å². The summed E-state index contributed by atoms with van der Waals surface area (Å²) in [5, 5.41) is 2.58. The topological polar surface area (TPSA) is 75.7 Å². The Labute approximate surface area is 163 Å². The molecule has 0 atom stereocenters. The molecule has 0 aliphatic rings. The van der Waals surface area contributed by atoms with E-state index in [2.05, 4.69) is 5.32 Å². The maximum Gasteiger partial charge on any atom is 0.243 e. The first-order chi connectivity index (χ1) is 13.4. The van der Waals surface area contributed by atoms with E-state index in [-0.39, 0.29) is 31.1 Å². The van der Waals surface area contributed by atoms with E-state index in [0.717, 1.165) is 0 Å². The van der Waals surface area contributed by atoms with Crippen molar-refractivity contribution >= 4 is 23.3 Å². The molecule has 0 aliphatic carbocycles. The van der Waals surface area contributed by atoms with Gasteiger partial charge in [0.2, 0.25) is 11.8 Å². The Morgan fingerprint density at radius 2 is 1.64 bits per heavy atom. The summed E-state index contributed by atoms with van der Waals surface area (Å²) in [4.78, 5) is 37.6. The van der Waals surface area contributed by atoms with Crippen LogP contribution in [-0.2, 0) is 9.59 Å². The molecule has 6 nitrogen and oxygen atoms in total. The molecule has 2 aromatic carbocycles. The number of nitrogens with one attached hydrogen (secondary N) is 1. The summed E-state index contributed by atoms with van der Waals surface area (Å²) in [6, 6.07) is 12.1. The lowest BCUT2D eigenvalue weighted by atomic mass is 10.1. The molecule has 28 heavy (non-hydrogen) atoms. The number of carbonyl (C=O) groups is 3. The van der Waals surface area contributed by atoms with Crippen molar-refractivity contribution in [3.8, 4) is 5.75 Å². The average Bonchev–Trinajstić information content (AvgIpc) is 2.68. The molecule has 0 fully saturated rings. The molecule has 0 bridgehead atoms. The third-order valence-corrected chi connectivity index (χ3v) is 3.99. The van der Waals surface area contributed by atoms with Gasteiger partial charge in [0.15, 0.2) is 5.78 Å². The zero-order chi connectivity index (χ0) is 20.5. The van der Waals surface area contributed by atoms with Gasteiger partial charge in [-0.1, -0.05) is 0 Å². The summed E-state index contributed by atoms with van der Waals surface area (Å²) in [7, 11) is 1.49. The fraction of sp³-hybridized carbons (Fsp3) is 0.286. The van der Waals surface area contributed by atoms with Crippen LogP contribution in [0.3, 0.4) is 0 Å². The second-order valence-electron chi connectivity index (χ2n) is 6.19. The quantitative estimate of drug-likeness (QED) is 0.671. The molecule has 0 aromatic heterocycles. The molecule has 0 radical (unpaired) electrons. The molecule has 2 aromatic rings. The summed E-state index contributed by atoms with van der Waals surface area (Å²) in [5.74, 6) is -0.584. The van der Waals surface area contributed by atoms with Gasteiger partial charge in [0, 0.05) is 31.1 Å².